The molecule has 1 aliphatic rings. The Morgan fingerprint density at radius 3 is 2.89 bits per heavy atom. The third kappa shape index (κ3) is 6.92. The third-order valence-corrected chi connectivity index (χ3v) is 6.03. The summed E-state index contributed by atoms with van der Waals surface area (Å²) in [6, 6.07) is 3.63. The number of likely N-dealkylation sites (tertiary alicyclic amines) is 1. The van der Waals surface area contributed by atoms with Crippen molar-refractivity contribution in [2.75, 3.05) is 46.8 Å². The molecule has 1 saturated heterocycles. The van der Waals surface area contributed by atoms with Crippen LogP contribution in [-0.2, 0) is 4.79 Å². The minimum atomic E-state index is -0.657. The molecular weight excluding hydrogens is 398 g/mol. The molecule has 9 heteroatoms. The van der Waals surface area contributed by atoms with Crippen LogP contribution in [0.25, 0.3) is 0 Å². The van der Waals surface area contributed by atoms with E-state index < -0.39 is 6.10 Å². The minimum absolute atomic E-state index is 0.0182. The van der Waals surface area contributed by atoms with Gasteiger partial charge in [-0.3, -0.25) is 14.7 Å². The van der Waals surface area contributed by atoms with Crippen molar-refractivity contribution < 1.29 is 9.90 Å². The highest BCUT2D eigenvalue weighted by molar-refractivity contribution is 7.16. The second-order valence-corrected chi connectivity index (χ2v) is 8.83. The molecule has 1 aliphatic heterocycles. The Morgan fingerprint density at radius 2 is 2.25 bits per heavy atom. The Labute approximate surface area is 176 Å². The van der Waals surface area contributed by atoms with Gasteiger partial charge in [-0.05, 0) is 44.9 Å². The van der Waals surface area contributed by atoms with E-state index in [0.717, 1.165) is 50.3 Å². The highest BCUT2D eigenvalue weighted by Crippen LogP contribution is 2.26. The van der Waals surface area contributed by atoms with Crippen molar-refractivity contribution in [2.24, 2.45) is 4.99 Å². The first-order valence-corrected chi connectivity index (χ1v) is 11.0. The third-order valence-electron chi connectivity index (χ3n) is 4.69. The lowest BCUT2D eigenvalue weighted by Crippen LogP contribution is -2.44. The largest absolute Gasteiger partial charge is 0.386 e. The summed E-state index contributed by atoms with van der Waals surface area (Å²) in [7, 11) is 3.64. The van der Waals surface area contributed by atoms with Gasteiger partial charge in [0, 0.05) is 38.6 Å². The van der Waals surface area contributed by atoms with Crippen LogP contribution in [-0.4, -0.2) is 79.6 Å². The summed E-state index contributed by atoms with van der Waals surface area (Å²) >= 11 is 7.29. The lowest BCUT2D eigenvalue weighted by Gasteiger charge is -2.26. The summed E-state index contributed by atoms with van der Waals surface area (Å²) in [4.78, 5) is 21.5. The number of guanidine groups is 1. The van der Waals surface area contributed by atoms with Crippen molar-refractivity contribution in [2.45, 2.75) is 38.3 Å². The van der Waals surface area contributed by atoms with Crippen LogP contribution < -0.4 is 10.6 Å². The fourth-order valence-electron chi connectivity index (χ4n) is 3.28. The van der Waals surface area contributed by atoms with Crippen molar-refractivity contribution in [1.82, 2.24) is 20.4 Å². The zero-order valence-electron chi connectivity index (χ0n) is 16.9. The summed E-state index contributed by atoms with van der Waals surface area (Å²) in [5, 5.41) is 16.7. The Bertz CT molecular complexity index is 652. The second-order valence-electron chi connectivity index (χ2n) is 7.08. The number of rotatable bonds is 9. The number of aliphatic imine (C=N–C) groups is 1. The summed E-state index contributed by atoms with van der Waals surface area (Å²) in [6.45, 7) is 5.65. The zero-order chi connectivity index (χ0) is 20.5. The molecule has 3 N–H and O–H groups in total. The number of thiophene rings is 1. The van der Waals surface area contributed by atoms with Gasteiger partial charge in [0.2, 0.25) is 5.91 Å². The van der Waals surface area contributed by atoms with Crippen LogP contribution in [0.4, 0.5) is 0 Å². The van der Waals surface area contributed by atoms with Crippen LogP contribution in [0.5, 0.6) is 0 Å². The standard InChI is InChI=1S/C19H32ClN5O2S/c1-4-21-19(23-13-15(26)16-8-9-17(20)28-16)22-10-6-12-25-11-5-7-14(25)18(27)24(2)3/h8-9,14-15,26H,4-7,10-13H2,1-3H3,(H2,21,22,23). The fourth-order valence-corrected chi connectivity index (χ4v) is 4.32. The number of hydrogen-bond donors (Lipinski definition) is 3. The maximum absolute atomic E-state index is 12.3. The molecule has 0 spiro atoms. The molecule has 2 rings (SSSR count). The SMILES string of the molecule is CCNC(=NCC(O)c1ccc(Cl)s1)NCCCN1CCCC1C(=O)N(C)C. The van der Waals surface area contributed by atoms with E-state index in [1.807, 2.05) is 27.1 Å². The fraction of sp³-hybridized carbons (Fsp3) is 0.684. The number of nitrogens with zero attached hydrogens (tertiary/aromatic N) is 3. The molecule has 2 unspecified atom stereocenters. The topological polar surface area (TPSA) is 80.2 Å². The molecule has 1 fully saturated rings. The lowest BCUT2D eigenvalue weighted by molar-refractivity contribution is -0.133. The molecule has 1 aromatic heterocycles. The maximum atomic E-state index is 12.3. The van der Waals surface area contributed by atoms with Crippen molar-refractivity contribution >= 4 is 34.8 Å². The molecule has 28 heavy (non-hydrogen) atoms. The molecule has 0 aliphatic carbocycles. The van der Waals surface area contributed by atoms with Gasteiger partial charge in [0.25, 0.3) is 0 Å². The van der Waals surface area contributed by atoms with Crippen LogP contribution in [0.1, 0.15) is 37.2 Å². The first-order chi connectivity index (χ1) is 13.4. The van der Waals surface area contributed by atoms with Gasteiger partial charge in [0.1, 0.15) is 6.10 Å². The number of carbonyl (C=O) groups excluding carboxylic acids is 1. The van der Waals surface area contributed by atoms with Crippen molar-refractivity contribution in [3.05, 3.63) is 21.3 Å². The van der Waals surface area contributed by atoms with E-state index in [4.69, 9.17) is 11.6 Å². The lowest BCUT2D eigenvalue weighted by atomic mass is 10.2. The molecule has 1 amide bonds. The van der Waals surface area contributed by atoms with Crippen LogP contribution in [0.2, 0.25) is 4.34 Å². The van der Waals surface area contributed by atoms with Gasteiger partial charge in [-0.15, -0.1) is 11.3 Å². The summed E-state index contributed by atoms with van der Waals surface area (Å²) in [5.74, 6) is 0.884. The van der Waals surface area contributed by atoms with E-state index in [2.05, 4.69) is 20.5 Å². The number of aliphatic hydroxyl groups excluding tert-OH is 1. The molecule has 0 radical (unpaired) electrons. The molecule has 0 bridgehead atoms. The Hall–Kier alpha value is -1.35. The Morgan fingerprint density at radius 1 is 1.46 bits per heavy atom. The normalized spacial score (nSPS) is 18.9. The van der Waals surface area contributed by atoms with E-state index >= 15 is 0 Å². The molecule has 1 aromatic rings. The summed E-state index contributed by atoms with van der Waals surface area (Å²) < 4.78 is 0.663. The first-order valence-electron chi connectivity index (χ1n) is 9.83. The smallest absolute Gasteiger partial charge is 0.239 e. The average Bonchev–Trinajstić information content (AvgIpc) is 3.31. The predicted molar refractivity (Wildman–Crippen MR) is 116 cm³/mol. The van der Waals surface area contributed by atoms with E-state index in [0.29, 0.717) is 10.3 Å². The van der Waals surface area contributed by atoms with Crippen molar-refractivity contribution in [3.8, 4) is 0 Å². The number of carbonyl (C=O) groups is 1. The van der Waals surface area contributed by atoms with E-state index in [1.54, 1.807) is 11.0 Å². The number of likely N-dealkylation sites (N-methyl/N-ethyl adjacent to an activating group) is 1. The van der Waals surface area contributed by atoms with Gasteiger partial charge in [0.15, 0.2) is 5.96 Å². The first kappa shape index (κ1) is 22.9. The molecule has 2 atom stereocenters. The molecule has 2 heterocycles. The van der Waals surface area contributed by atoms with Crippen LogP contribution in [0.15, 0.2) is 17.1 Å². The Balaban J connectivity index is 1.77. The number of amides is 1. The summed E-state index contributed by atoms with van der Waals surface area (Å²) in [6.07, 6.45) is 2.28. The van der Waals surface area contributed by atoms with Crippen LogP contribution >= 0.6 is 22.9 Å². The van der Waals surface area contributed by atoms with Crippen molar-refractivity contribution in [3.63, 3.8) is 0 Å². The van der Waals surface area contributed by atoms with E-state index in [1.165, 1.54) is 11.3 Å². The number of hydrogen-bond acceptors (Lipinski definition) is 5. The second kappa shape index (κ2) is 11.6. The van der Waals surface area contributed by atoms with E-state index in [9.17, 15) is 9.90 Å². The van der Waals surface area contributed by atoms with Gasteiger partial charge in [0.05, 0.1) is 16.9 Å². The average molecular weight is 430 g/mol. The van der Waals surface area contributed by atoms with Crippen LogP contribution in [0, 0.1) is 0 Å². The van der Waals surface area contributed by atoms with Gasteiger partial charge in [-0.2, -0.15) is 0 Å². The van der Waals surface area contributed by atoms with Gasteiger partial charge in [-0.25, -0.2) is 0 Å². The summed E-state index contributed by atoms with van der Waals surface area (Å²) in [5.41, 5.74) is 0. The van der Waals surface area contributed by atoms with Crippen molar-refractivity contribution in [1.29, 1.82) is 0 Å². The number of halogens is 1. The monoisotopic (exact) mass is 429 g/mol. The highest BCUT2D eigenvalue weighted by atomic mass is 35.5. The quantitative estimate of drug-likeness (QED) is 0.317. The number of aliphatic hydroxyl groups is 1. The Kier molecular flexibility index (Phi) is 9.50. The van der Waals surface area contributed by atoms with E-state index in [-0.39, 0.29) is 18.5 Å². The maximum Gasteiger partial charge on any atom is 0.239 e. The predicted octanol–water partition coefficient (Wildman–Crippen LogP) is 1.93. The molecule has 0 aromatic carbocycles. The van der Waals surface area contributed by atoms with Gasteiger partial charge in [-0.1, -0.05) is 11.6 Å². The minimum Gasteiger partial charge on any atom is -0.386 e. The van der Waals surface area contributed by atoms with Gasteiger partial charge >= 0.3 is 0 Å². The molecule has 158 valence electrons. The zero-order valence-corrected chi connectivity index (χ0v) is 18.5. The van der Waals surface area contributed by atoms with Crippen LogP contribution in [0.3, 0.4) is 0 Å². The number of nitrogens with one attached hydrogen (secondary N) is 2. The highest BCUT2D eigenvalue weighted by Gasteiger charge is 2.30. The molecule has 0 saturated carbocycles. The molecule has 7 nitrogen and oxygen atoms in total. The van der Waals surface area contributed by atoms with Gasteiger partial charge < -0.3 is 20.6 Å². The molecular formula is C19H32ClN5O2S.